The molecule has 1 heterocycles. The van der Waals surface area contributed by atoms with E-state index < -0.39 is 0 Å². The van der Waals surface area contributed by atoms with E-state index in [2.05, 4.69) is 3.98 Å². The molecule has 0 bridgehead atoms. The Kier molecular flexibility index (Phi) is 1.67. The zero-order chi connectivity index (χ0) is 8.55. The van der Waals surface area contributed by atoms with Crippen LogP contribution < -0.4 is 0 Å². The number of fused-ring (bicyclic) bond motifs is 1. The second kappa shape index (κ2) is 2.69. The molecule has 2 aromatic rings. The first-order valence-corrected chi connectivity index (χ1v) is 4.89. The van der Waals surface area contributed by atoms with Gasteiger partial charge < -0.3 is 0 Å². The summed E-state index contributed by atoms with van der Waals surface area (Å²) in [6, 6.07) is 5.06. The van der Waals surface area contributed by atoms with Gasteiger partial charge in [-0.05, 0) is 0 Å². The normalized spacial score (nSPS) is 10.3. The number of nitro groups is 1. The summed E-state index contributed by atoms with van der Waals surface area (Å²) in [6.07, 6.45) is 1.70. The number of nitrogens with zero attached hydrogens (tertiary/aromatic N) is 2. The molecule has 2 rings (SSSR count). The SMILES string of the molecule is O=[N+]([O-])c1cccc2cn[se]c12. The minimum atomic E-state index is -0.352. The summed E-state index contributed by atoms with van der Waals surface area (Å²) >= 11 is -0.0982. The van der Waals surface area contributed by atoms with Crippen molar-refractivity contribution in [2.45, 2.75) is 0 Å². The first-order valence-electron chi connectivity index (χ1n) is 3.27. The summed E-state index contributed by atoms with van der Waals surface area (Å²) in [6.45, 7) is 0. The van der Waals surface area contributed by atoms with E-state index in [0.717, 1.165) is 9.65 Å². The van der Waals surface area contributed by atoms with Crippen molar-refractivity contribution >= 4 is 30.1 Å². The average Bonchev–Trinajstić information content (AvgIpc) is 2.49. The van der Waals surface area contributed by atoms with Gasteiger partial charge in [0, 0.05) is 0 Å². The van der Waals surface area contributed by atoms with Crippen LogP contribution in [-0.2, 0) is 0 Å². The molecule has 0 spiro atoms. The molecule has 1 aromatic heterocycles. The molecule has 4 nitrogen and oxygen atoms in total. The molecule has 5 heteroatoms. The van der Waals surface area contributed by atoms with Gasteiger partial charge in [-0.25, -0.2) is 0 Å². The van der Waals surface area contributed by atoms with Gasteiger partial charge in [0.15, 0.2) is 0 Å². The molecule has 0 N–H and O–H groups in total. The second-order valence-electron chi connectivity index (χ2n) is 2.28. The molecule has 0 aliphatic carbocycles. The molecule has 60 valence electrons. The number of non-ortho nitro benzene ring substituents is 1. The van der Waals surface area contributed by atoms with Crippen molar-refractivity contribution in [1.29, 1.82) is 0 Å². The molecule has 0 unspecified atom stereocenters. The Bertz CT molecular complexity index is 438. The monoisotopic (exact) mass is 228 g/mol. The fourth-order valence-corrected chi connectivity index (χ4v) is 2.56. The zero-order valence-corrected chi connectivity index (χ0v) is 7.64. The first-order chi connectivity index (χ1) is 5.79. The van der Waals surface area contributed by atoms with Crippen LogP contribution in [0.3, 0.4) is 0 Å². The van der Waals surface area contributed by atoms with Gasteiger partial charge in [0.05, 0.1) is 0 Å². The third-order valence-corrected chi connectivity index (χ3v) is 3.32. The predicted octanol–water partition coefficient (Wildman–Crippen LogP) is 1.20. The van der Waals surface area contributed by atoms with E-state index in [9.17, 15) is 10.1 Å². The second-order valence-corrected chi connectivity index (χ2v) is 3.96. The number of hydrogen-bond donors (Lipinski definition) is 0. The van der Waals surface area contributed by atoms with Crippen LogP contribution in [0.2, 0.25) is 0 Å². The average molecular weight is 227 g/mol. The third-order valence-electron chi connectivity index (χ3n) is 1.56. The van der Waals surface area contributed by atoms with Crippen molar-refractivity contribution in [3.8, 4) is 0 Å². The van der Waals surface area contributed by atoms with E-state index >= 15 is 0 Å². The van der Waals surface area contributed by atoms with E-state index in [1.165, 1.54) is 6.07 Å². The maximum absolute atomic E-state index is 10.5. The Morgan fingerprint density at radius 2 is 2.33 bits per heavy atom. The van der Waals surface area contributed by atoms with Crippen LogP contribution >= 0.6 is 0 Å². The van der Waals surface area contributed by atoms with Crippen molar-refractivity contribution in [2.24, 2.45) is 0 Å². The predicted molar refractivity (Wildman–Crippen MR) is 45.3 cm³/mol. The quantitative estimate of drug-likeness (QED) is 0.418. The van der Waals surface area contributed by atoms with Crippen LogP contribution in [-0.4, -0.2) is 23.6 Å². The van der Waals surface area contributed by atoms with Gasteiger partial charge in [-0.1, -0.05) is 0 Å². The molecule has 0 aliphatic rings. The van der Waals surface area contributed by atoms with E-state index in [1.54, 1.807) is 12.3 Å². The topological polar surface area (TPSA) is 56.0 Å². The van der Waals surface area contributed by atoms with Crippen LogP contribution in [0.15, 0.2) is 24.4 Å². The van der Waals surface area contributed by atoms with Crippen LogP contribution in [0.1, 0.15) is 0 Å². The Labute approximate surface area is 74.0 Å². The molecule has 0 fully saturated rings. The summed E-state index contributed by atoms with van der Waals surface area (Å²) < 4.78 is 4.81. The van der Waals surface area contributed by atoms with Crippen molar-refractivity contribution in [3.05, 3.63) is 34.5 Å². The molecular weight excluding hydrogens is 223 g/mol. The number of hydrogen-bond acceptors (Lipinski definition) is 3. The van der Waals surface area contributed by atoms with Crippen molar-refractivity contribution < 1.29 is 4.92 Å². The molecule has 1 aromatic carbocycles. The zero-order valence-electron chi connectivity index (χ0n) is 5.93. The van der Waals surface area contributed by atoms with E-state index in [4.69, 9.17) is 0 Å². The molecule has 0 saturated carbocycles. The van der Waals surface area contributed by atoms with Crippen LogP contribution in [0.25, 0.3) is 9.65 Å². The van der Waals surface area contributed by atoms with Crippen LogP contribution in [0, 0.1) is 10.1 Å². The molecular formula is C7H4N2O2Se. The molecule has 0 radical (unpaired) electrons. The Hall–Kier alpha value is -1.19. The number of benzene rings is 1. The molecule has 0 amide bonds. The van der Waals surface area contributed by atoms with Gasteiger partial charge in [-0.2, -0.15) is 0 Å². The molecule has 0 aliphatic heterocycles. The first kappa shape index (κ1) is 7.46. The van der Waals surface area contributed by atoms with Crippen LogP contribution in [0.4, 0.5) is 5.69 Å². The van der Waals surface area contributed by atoms with Gasteiger partial charge in [-0.15, -0.1) is 0 Å². The van der Waals surface area contributed by atoms with E-state index in [1.807, 2.05) is 6.07 Å². The van der Waals surface area contributed by atoms with Crippen LogP contribution in [0.5, 0.6) is 0 Å². The Morgan fingerprint density at radius 1 is 1.50 bits per heavy atom. The number of nitro benzene ring substituents is 1. The van der Waals surface area contributed by atoms with Crippen molar-refractivity contribution in [1.82, 2.24) is 3.98 Å². The van der Waals surface area contributed by atoms with Crippen molar-refractivity contribution in [3.63, 3.8) is 0 Å². The van der Waals surface area contributed by atoms with Gasteiger partial charge >= 0.3 is 73.5 Å². The minimum absolute atomic E-state index is 0.0982. The fourth-order valence-electron chi connectivity index (χ4n) is 1.02. The molecule has 0 atom stereocenters. The van der Waals surface area contributed by atoms with E-state index in [0.29, 0.717) is 0 Å². The fraction of sp³-hybridized carbons (Fsp3) is 0. The van der Waals surface area contributed by atoms with Gasteiger partial charge in [-0.3, -0.25) is 0 Å². The Morgan fingerprint density at radius 3 is 3.08 bits per heavy atom. The van der Waals surface area contributed by atoms with E-state index in [-0.39, 0.29) is 25.3 Å². The Balaban J connectivity index is 2.82. The van der Waals surface area contributed by atoms with Gasteiger partial charge in [0.25, 0.3) is 0 Å². The molecule has 0 saturated heterocycles. The number of rotatable bonds is 1. The summed E-state index contributed by atoms with van der Waals surface area (Å²) in [5, 5.41) is 11.4. The van der Waals surface area contributed by atoms with Gasteiger partial charge in [0.2, 0.25) is 0 Å². The third kappa shape index (κ3) is 1.03. The summed E-state index contributed by atoms with van der Waals surface area (Å²) in [5.74, 6) is 0. The number of aromatic nitrogens is 1. The maximum atomic E-state index is 10.5. The summed E-state index contributed by atoms with van der Waals surface area (Å²) in [4.78, 5) is 10.2. The van der Waals surface area contributed by atoms with Gasteiger partial charge in [0.1, 0.15) is 0 Å². The standard InChI is InChI=1S/C7H4N2O2Se/c10-9(11)6-3-1-2-5-4-8-12-7(5)6/h1-4H. The van der Waals surface area contributed by atoms with Crippen molar-refractivity contribution in [2.75, 3.05) is 0 Å². The summed E-state index contributed by atoms with van der Waals surface area (Å²) in [5.41, 5.74) is 0.199. The summed E-state index contributed by atoms with van der Waals surface area (Å²) in [7, 11) is 0. The molecule has 12 heavy (non-hydrogen) atoms.